The number of H-pyrrole nitrogens is 1. The predicted molar refractivity (Wildman–Crippen MR) is 91.9 cm³/mol. The van der Waals surface area contributed by atoms with E-state index >= 15 is 0 Å². The lowest BCUT2D eigenvalue weighted by Gasteiger charge is -2.09. The molecule has 2 aromatic heterocycles. The summed E-state index contributed by atoms with van der Waals surface area (Å²) in [6.07, 6.45) is 2.93. The number of aromatic amines is 1. The van der Waals surface area contributed by atoms with Gasteiger partial charge in [0.05, 0.1) is 22.6 Å². The first-order chi connectivity index (χ1) is 12.0. The van der Waals surface area contributed by atoms with Gasteiger partial charge in [-0.25, -0.2) is 9.18 Å². The minimum absolute atomic E-state index is 0.0189. The van der Waals surface area contributed by atoms with E-state index < -0.39 is 17.4 Å². The number of primary amides is 1. The van der Waals surface area contributed by atoms with Gasteiger partial charge in [0.25, 0.3) is 0 Å². The molecule has 25 heavy (non-hydrogen) atoms. The Morgan fingerprint density at radius 3 is 2.60 bits per heavy atom. The molecular weight excluding hydrogens is 351 g/mol. The molecule has 0 atom stereocenters. The van der Waals surface area contributed by atoms with Crippen molar-refractivity contribution in [1.29, 1.82) is 0 Å². The lowest BCUT2D eigenvalue weighted by molar-refractivity contribution is 0.247. The van der Waals surface area contributed by atoms with E-state index in [1.165, 1.54) is 36.7 Å². The molecule has 0 saturated heterocycles. The van der Waals surface area contributed by atoms with Crippen LogP contribution in [-0.4, -0.2) is 20.8 Å². The molecule has 3 aromatic rings. The van der Waals surface area contributed by atoms with E-state index in [-0.39, 0.29) is 11.4 Å². The first-order valence-electron chi connectivity index (χ1n) is 6.99. The molecule has 0 aliphatic heterocycles. The van der Waals surface area contributed by atoms with Crippen molar-refractivity contribution < 1.29 is 9.18 Å². The van der Waals surface area contributed by atoms with E-state index in [2.05, 4.69) is 20.9 Å². The second kappa shape index (κ2) is 6.65. The second-order valence-corrected chi connectivity index (χ2v) is 5.43. The number of nitrogens with zero attached hydrogens (tertiary/aromatic N) is 2. The average Bonchev–Trinajstić information content (AvgIpc) is 2.91. The molecular formula is C15H12ClFN6O2. The van der Waals surface area contributed by atoms with Crippen molar-refractivity contribution in [1.82, 2.24) is 14.8 Å². The first-order valence-corrected chi connectivity index (χ1v) is 7.37. The number of pyridine rings is 1. The fraction of sp³-hybridized carbons (Fsp3) is 0. The summed E-state index contributed by atoms with van der Waals surface area (Å²) < 4.78 is 13.8. The molecule has 0 spiro atoms. The normalized spacial score (nSPS) is 10.5. The Labute approximate surface area is 145 Å². The minimum atomic E-state index is -0.981. The van der Waals surface area contributed by atoms with E-state index in [0.717, 1.165) is 0 Å². The Hall–Kier alpha value is -3.33. The molecule has 0 bridgehead atoms. The fourth-order valence-electron chi connectivity index (χ4n) is 2.15. The highest BCUT2D eigenvalue weighted by atomic mass is 35.5. The number of aromatic nitrogens is 3. The third-order valence-electron chi connectivity index (χ3n) is 3.28. The molecule has 5 N–H and O–H groups in total. The average molecular weight is 363 g/mol. The van der Waals surface area contributed by atoms with Gasteiger partial charge in [-0.05, 0) is 30.3 Å². The molecule has 10 heteroatoms. The number of carbonyl (C=O) groups is 1. The zero-order chi connectivity index (χ0) is 18.0. The number of nitrogens with two attached hydrogens (primary N) is 1. The van der Waals surface area contributed by atoms with Crippen molar-refractivity contribution in [2.24, 2.45) is 5.73 Å². The van der Waals surface area contributed by atoms with Gasteiger partial charge >= 0.3 is 11.6 Å². The number of hydrazine groups is 1. The van der Waals surface area contributed by atoms with Crippen LogP contribution in [0.5, 0.6) is 0 Å². The summed E-state index contributed by atoms with van der Waals surface area (Å²) in [4.78, 5) is 27.7. The van der Waals surface area contributed by atoms with Crippen molar-refractivity contribution in [3.05, 3.63) is 63.9 Å². The lowest BCUT2D eigenvalue weighted by Crippen LogP contribution is -2.31. The van der Waals surface area contributed by atoms with E-state index in [4.69, 9.17) is 17.3 Å². The molecule has 0 unspecified atom stereocenters. The maximum Gasteiger partial charge on any atom is 0.341 e. The van der Waals surface area contributed by atoms with Crippen molar-refractivity contribution in [3.8, 4) is 11.3 Å². The van der Waals surface area contributed by atoms with Gasteiger partial charge in [-0.2, -0.15) is 4.68 Å². The van der Waals surface area contributed by atoms with Gasteiger partial charge in [-0.1, -0.05) is 11.6 Å². The number of amides is 1. The highest BCUT2D eigenvalue weighted by molar-refractivity contribution is 6.30. The smallest absolute Gasteiger partial charge is 0.341 e. The molecule has 0 aliphatic rings. The van der Waals surface area contributed by atoms with Crippen molar-refractivity contribution >= 4 is 29.0 Å². The Balaban J connectivity index is 2.00. The molecule has 0 aliphatic carbocycles. The highest BCUT2D eigenvalue weighted by Gasteiger charge is 2.18. The third kappa shape index (κ3) is 3.45. The number of halogens is 2. The fourth-order valence-corrected chi connectivity index (χ4v) is 2.32. The summed E-state index contributed by atoms with van der Waals surface area (Å²) in [7, 11) is 0. The summed E-state index contributed by atoms with van der Waals surface area (Å²) in [5.74, 6) is -0.432. The molecule has 3 rings (SSSR count). The Morgan fingerprint density at radius 2 is 1.96 bits per heavy atom. The van der Waals surface area contributed by atoms with Crippen LogP contribution in [0.15, 0.2) is 47.5 Å². The molecule has 2 heterocycles. The van der Waals surface area contributed by atoms with Crippen LogP contribution < -0.4 is 22.1 Å². The Bertz CT molecular complexity index is 982. The summed E-state index contributed by atoms with van der Waals surface area (Å²) in [6, 6.07) is 5.97. The first kappa shape index (κ1) is 16.5. The van der Waals surface area contributed by atoms with E-state index in [9.17, 15) is 14.0 Å². The largest absolute Gasteiger partial charge is 0.350 e. The van der Waals surface area contributed by atoms with Crippen LogP contribution in [0.2, 0.25) is 5.02 Å². The highest BCUT2D eigenvalue weighted by Crippen LogP contribution is 2.24. The SMILES string of the molecule is NC(=O)n1[nH]c(-c2ccc(F)cc2)c(NNc2cncc(Cl)c2)c1=O. The van der Waals surface area contributed by atoms with Gasteiger partial charge < -0.3 is 5.73 Å². The van der Waals surface area contributed by atoms with Crippen LogP contribution in [0.4, 0.5) is 20.6 Å². The van der Waals surface area contributed by atoms with Crippen LogP contribution in [0.1, 0.15) is 0 Å². The maximum absolute atomic E-state index is 13.1. The summed E-state index contributed by atoms with van der Waals surface area (Å²) >= 11 is 5.85. The van der Waals surface area contributed by atoms with Crippen LogP contribution in [-0.2, 0) is 0 Å². The number of hydrogen-bond acceptors (Lipinski definition) is 5. The van der Waals surface area contributed by atoms with E-state index in [0.29, 0.717) is 21.0 Å². The van der Waals surface area contributed by atoms with Crippen molar-refractivity contribution in [2.45, 2.75) is 0 Å². The quantitative estimate of drug-likeness (QED) is 0.531. The van der Waals surface area contributed by atoms with Gasteiger partial charge in [0.1, 0.15) is 11.5 Å². The lowest BCUT2D eigenvalue weighted by atomic mass is 10.1. The van der Waals surface area contributed by atoms with Crippen LogP contribution in [0.3, 0.4) is 0 Å². The standard InChI is InChI=1S/C15H12ClFN6O2/c16-9-5-11(7-19-6-9)20-21-13-12(8-1-3-10(17)4-2-8)22-23(14(13)24)15(18)25/h1-7,20-22H,(H2,18,25). The number of nitrogens with one attached hydrogen (secondary N) is 3. The molecule has 0 fully saturated rings. The topological polar surface area (TPSA) is 118 Å². The van der Waals surface area contributed by atoms with E-state index in [1.807, 2.05) is 0 Å². The maximum atomic E-state index is 13.1. The zero-order valence-electron chi connectivity index (χ0n) is 12.6. The van der Waals surface area contributed by atoms with Crippen LogP contribution in [0, 0.1) is 5.82 Å². The van der Waals surface area contributed by atoms with Crippen molar-refractivity contribution in [3.63, 3.8) is 0 Å². The van der Waals surface area contributed by atoms with Crippen molar-refractivity contribution in [2.75, 3.05) is 10.9 Å². The number of benzene rings is 1. The number of carbonyl (C=O) groups excluding carboxylic acids is 1. The van der Waals surface area contributed by atoms with Gasteiger partial charge in [0.15, 0.2) is 0 Å². The minimum Gasteiger partial charge on any atom is -0.350 e. The second-order valence-electron chi connectivity index (χ2n) is 4.99. The summed E-state index contributed by atoms with van der Waals surface area (Å²) in [6.45, 7) is 0. The van der Waals surface area contributed by atoms with Gasteiger partial charge in [0.2, 0.25) is 0 Å². The van der Waals surface area contributed by atoms with Crippen LogP contribution in [0.25, 0.3) is 11.3 Å². The number of hydrogen-bond donors (Lipinski definition) is 4. The number of anilines is 2. The van der Waals surface area contributed by atoms with Gasteiger partial charge in [0, 0.05) is 11.8 Å². The summed E-state index contributed by atoms with van der Waals surface area (Å²) in [5, 5.41) is 2.99. The Kier molecular flexibility index (Phi) is 4.40. The van der Waals surface area contributed by atoms with Crippen LogP contribution >= 0.6 is 11.6 Å². The van der Waals surface area contributed by atoms with Gasteiger partial charge in [-0.15, -0.1) is 0 Å². The molecule has 0 radical (unpaired) electrons. The third-order valence-corrected chi connectivity index (χ3v) is 3.49. The van der Waals surface area contributed by atoms with E-state index in [1.54, 1.807) is 6.07 Å². The summed E-state index contributed by atoms with van der Waals surface area (Å²) in [5.41, 5.74) is 11.2. The molecule has 0 saturated carbocycles. The molecule has 1 amide bonds. The molecule has 8 nitrogen and oxygen atoms in total. The molecule has 1 aromatic carbocycles. The number of rotatable bonds is 4. The zero-order valence-corrected chi connectivity index (χ0v) is 13.3. The predicted octanol–water partition coefficient (Wildman–Crippen LogP) is 2.40. The molecule has 128 valence electrons. The Morgan fingerprint density at radius 1 is 1.24 bits per heavy atom. The van der Waals surface area contributed by atoms with Gasteiger partial charge in [-0.3, -0.25) is 25.7 Å². The monoisotopic (exact) mass is 362 g/mol.